The van der Waals surface area contributed by atoms with Gasteiger partial charge in [-0.1, -0.05) is 6.07 Å². The molecular formula is C21H25F3N4O4. The second-order valence-corrected chi connectivity index (χ2v) is 7.87. The zero-order chi connectivity index (χ0) is 22.7. The van der Waals surface area contributed by atoms with Gasteiger partial charge in [-0.2, -0.15) is 13.2 Å². The molecule has 174 valence electrons. The molecule has 2 aromatic rings. The monoisotopic (exact) mass is 454 g/mol. The highest BCUT2D eigenvalue weighted by Gasteiger charge is 2.41. The first-order valence-corrected chi connectivity index (χ1v) is 10.4. The molecule has 4 atom stereocenters. The molecule has 2 N–H and O–H groups in total. The van der Waals surface area contributed by atoms with Crippen LogP contribution in [0.1, 0.15) is 5.69 Å². The third-order valence-electron chi connectivity index (χ3n) is 5.69. The minimum atomic E-state index is -4.60. The van der Waals surface area contributed by atoms with Crippen molar-refractivity contribution in [3.05, 3.63) is 48.4 Å². The van der Waals surface area contributed by atoms with Crippen molar-refractivity contribution < 1.29 is 32.9 Å². The molecule has 2 saturated heterocycles. The molecule has 0 amide bonds. The molecule has 2 aromatic heterocycles. The number of pyridine rings is 2. The van der Waals surface area contributed by atoms with E-state index >= 15 is 0 Å². The first-order chi connectivity index (χ1) is 15.3. The third kappa shape index (κ3) is 5.29. The SMILES string of the molecule is O[C@@H]1[C@H](O)[C@@H](Oc2cccc(C(F)(F)F)n2)CO[C@@H]1CN1CCN(c2cccnc2)CC1. The van der Waals surface area contributed by atoms with Crippen LogP contribution in [0.3, 0.4) is 0 Å². The number of nitrogens with zero attached hydrogens (tertiary/aromatic N) is 4. The summed E-state index contributed by atoms with van der Waals surface area (Å²) in [4.78, 5) is 11.9. The number of ether oxygens (including phenoxy) is 2. The van der Waals surface area contributed by atoms with Crippen molar-refractivity contribution in [2.75, 3.05) is 44.2 Å². The molecule has 4 rings (SSSR count). The molecule has 32 heavy (non-hydrogen) atoms. The van der Waals surface area contributed by atoms with Crippen molar-refractivity contribution in [1.29, 1.82) is 0 Å². The quantitative estimate of drug-likeness (QED) is 0.696. The van der Waals surface area contributed by atoms with E-state index in [0.29, 0.717) is 6.54 Å². The number of hydrogen-bond acceptors (Lipinski definition) is 8. The van der Waals surface area contributed by atoms with Gasteiger partial charge in [0.15, 0.2) is 6.10 Å². The Labute approximate surface area is 183 Å². The van der Waals surface area contributed by atoms with Crippen molar-refractivity contribution in [3.63, 3.8) is 0 Å². The first-order valence-electron chi connectivity index (χ1n) is 10.4. The van der Waals surface area contributed by atoms with Crippen LogP contribution in [0.5, 0.6) is 5.88 Å². The predicted molar refractivity (Wildman–Crippen MR) is 108 cm³/mol. The number of alkyl halides is 3. The summed E-state index contributed by atoms with van der Waals surface area (Å²) in [6, 6.07) is 7.17. The highest BCUT2D eigenvalue weighted by molar-refractivity contribution is 5.44. The van der Waals surface area contributed by atoms with Crippen LogP contribution in [0, 0.1) is 0 Å². The van der Waals surface area contributed by atoms with Crippen LogP contribution in [0.25, 0.3) is 0 Å². The second kappa shape index (κ2) is 9.57. The summed E-state index contributed by atoms with van der Waals surface area (Å²) in [5.74, 6) is -0.287. The zero-order valence-electron chi connectivity index (χ0n) is 17.2. The molecule has 11 heteroatoms. The third-order valence-corrected chi connectivity index (χ3v) is 5.69. The molecule has 0 spiro atoms. The van der Waals surface area contributed by atoms with Crippen molar-refractivity contribution >= 4 is 5.69 Å². The molecule has 0 unspecified atom stereocenters. The summed E-state index contributed by atoms with van der Waals surface area (Å²) in [7, 11) is 0. The van der Waals surface area contributed by atoms with Gasteiger partial charge in [-0.15, -0.1) is 0 Å². The molecular weight excluding hydrogens is 429 g/mol. The number of aliphatic hydroxyl groups excluding tert-OH is 2. The van der Waals surface area contributed by atoms with E-state index in [2.05, 4.69) is 19.8 Å². The minimum Gasteiger partial charge on any atom is -0.469 e. The Morgan fingerprint density at radius 2 is 1.84 bits per heavy atom. The Balaban J connectivity index is 1.29. The van der Waals surface area contributed by atoms with Gasteiger partial charge in [-0.25, -0.2) is 4.98 Å². The minimum absolute atomic E-state index is 0.0729. The Morgan fingerprint density at radius 3 is 2.53 bits per heavy atom. The maximum Gasteiger partial charge on any atom is 0.433 e. The van der Waals surface area contributed by atoms with Gasteiger partial charge in [0.05, 0.1) is 24.6 Å². The summed E-state index contributed by atoms with van der Waals surface area (Å²) in [6.07, 6.45) is -5.28. The Bertz CT molecular complexity index is 881. The van der Waals surface area contributed by atoms with Gasteiger partial charge in [0.1, 0.15) is 17.9 Å². The topological polar surface area (TPSA) is 91.2 Å². The van der Waals surface area contributed by atoms with Crippen LogP contribution in [-0.2, 0) is 10.9 Å². The molecule has 2 fully saturated rings. The lowest BCUT2D eigenvalue weighted by Crippen LogP contribution is -2.59. The number of hydrogen-bond donors (Lipinski definition) is 2. The second-order valence-electron chi connectivity index (χ2n) is 7.87. The van der Waals surface area contributed by atoms with E-state index in [9.17, 15) is 23.4 Å². The van der Waals surface area contributed by atoms with Crippen LogP contribution in [0.15, 0.2) is 42.7 Å². The maximum absolute atomic E-state index is 12.8. The highest BCUT2D eigenvalue weighted by Crippen LogP contribution is 2.29. The van der Waals surface area contributed by atoms with Crippen LogP contribution in [-0.4, -0.2) is 88.8 Å². The lowest BCUT2D eigenvalue weighted by Gasteiger charge is -2.41. The Morgan fingerprint density at radius 1 is 1.06 bits per heavy atom. The van der Waals surface area contributed by atoms with Gasteiger partial charge < -0.3 is 24.6 Å². The van der Waals surface area contributed by atoms with Gasteiger partial charge in [0.2, 0.25) is 5.88 Å². The Hall–Kier alpha value is -2.47. The van der Waals surface area contributed by atoms with Crippen molar-refractivity contribution in [1.82, 2.24) is 14.9 Å². The summed E-state index contributed by atoms with van der Waals surface area (Å²) >= 11 is 0. The van der Waals surface area contributed by atoms with Gasteiger partial charge in [-0.3, -0.25) is 9.88 Å². The Kier molecular flexibility index (Phi) is 6.79. The van der Waals surface area contributed by atoms with E-state index < -0.39 is 36.3 Å². The van der Waals surface area contributed by atoms with E-state index in [1.807, 2.05) is 18.3 Å². The molecule has 2 aliphatic heterocycles. The van der Waals surface area contributed by atoms with E-state index in [1.165, 1.54) is 12.1 Å². The van der Waals surface area contributed by atoms with Crippen LogP contribution in [0.2, 0.25) is 0 Å². The number of aromatic nitrogens is 2. The fraction of sp³-hybridized carbons (Fsp3) is 0.524. The van der Waals surface area contributed by atoms with Crippen molar-refractivity contribution in [2.45, 2.75) is 30.6 Å². The molecule has 4 heterocycles. The van der Waals surface area contributed by atoms with E-state index in [0.717, 1.165) is 37.9 Å². The number of halogens is 3. The summed E-state index contributed by atoms with van der Waals surface area (Å²) < 4.78 is 49.6. The molecule has 0 aromatic carbocycles. The molecule has 8 nitrogen and oxygen atoms in total. The predicted octanol–water partition coefficient (Wildman–Crippen LogP) is 1.19. The first kappa shape index (κ1) is 22.7. The number of piperazine rings is 1. The van der Waals surface area contributed by atoms with E-state index in [1.54, 1.807) is 6.20 Å². The molecule has 0 aliphatic carbocycles. The standard InChI is InChI=1S/C21H25F3N4O4/c22-21(23,24)17-4-1-5-18(26-17)32-16-13-31-15(19(29)20(16)30)12-27-7-9-28(10-8-27)14-3-2-6-25-11-14/h1-6,11,15-16,19-20,29-30H,7-10,12-13H2/t15-,16+,19+,20-/m1/s1. The van der Waals surface area contributed by atoms with Crippen molar-refractivity contribution in [2.24, 2.45) is 0 Å². The summed E-state index contributed by atoms with van der Waals surface area (Å²) in [5.41, 5.74) is -0.0372. The lowest BCUT2D eigenvalue weighted by atomic mass is 9.99. The molecule has 0 bridgehead atoms. The van der Waals surface area contributed by atoms with Crippen LogP contribution in [0.4, 0.5) is 18.9 Å². The van der Waals surface area contributed by atoms with Crippen molar-refractivity contribution in [3.8, 4) is 5.88 Å². The van der Waals surface area contributed by atoms with Gasteiger partial charge in [0, 0.05) is 45.0 Å². The van der Waals surface area contributed by atoms with Gasteiger partial charge >= 0.3 is 6.18 Å². The number of rotatable bonds is 5. The average molecular weight is 454 g/mol. The molecule has 0 radical (unpaired) electrons. The van der Waals surface area contributed by atoms with Crippen LogP contribution < -0.4 is 9.64 Å². The molecule has 0 saturated carbocycles. The fourth-order valence-corrected chi connectivity index (χ4v) is 3.90. The van der Waals surface area contributed by atoms with Gasteiger partial charge in [-0.05, 0) is 18.2 Å². The smallest absolute Gasteiger partial charge is 0.433 e. The zero-order valence-corrected chi connectivity index (χ0v) is 17.2. The average Bonchev–Trinajstić information content (AvgIpc) is 2.79. The largest absolute Gasteiger partial charge is 0.469 e. The summed E-state index contributed by atoms with van der Waals surface area (Å²) in [5, 5.41) is 21.0. The summed E-state index contributed by atoms with van der Waals surface area (Å²) in [6.45, 7) is 3.45. The van der Waals surface area contributed by atoms with E-state index in [4.69, 9.17) is 9.47 Å². The fourth-order valence-electron chi connectivity index (χ4n) is 3.90. The highest BCUT2D eigenvalue weighted by atomic mass is 19.4. The lowest BCUT2D eigenvalue weighted by molar-refractivity contribution is -0.185. The van der Waals surface area contributed by atoms with Crippen LogP contribution >= 0.6 is 0 Å². The van der Waals surface area contributed by atoms with E-state index in [-0.39, 0.29) is 12.5 Å². The molecule has 2 aliphatic rings. The normalized spacial score (nSPS) is 27.3. The number of anilines is 1. The number of aliphatic hydroxyl groups is 2. The van der Waals surface area contributed by atoms with Gasteiger partial charge in [0.25, 0.3) is 0 Å². The maximum atomic E-state index is 12.8.